The zero-order valence-corrected chi connectivity index (χ0v) is 17.3. The first-order valence-electron chi connectivity index (χ1n) is 8.69. The van der Waals surface area contributed by atoms with Crippen LogP contribution in [0.15, 0.2) is 52.4 Å². The third kappa shape index (κ3) is 5.61. The number of benzene rings is 1. The zero-order valence-electron chi connectivity index (χ0n) is 14.9. The Bertz CT molecular complexity index is 914. The highest BCUT2D eigenvalue weighted by Gasteiger charge is 2.11. The number of nitrogens with zero attached hydrogens (tertiary/aromatic N) is 2. The van der Waals surface area contributed by atoms with Gasteiger partial charge in [0.25, 0.3) is 0 Å². The fourth-order valence-corrected chi connectivity index (χ4v) is 3.67. The molecule has 2 aromatic heterocycles. The second kappa shape index (κ2) is 9.62. The van der Waals surface area contributed by atoms with Gasteiger partial charge in [-0.2, -0.15) is 0 Å². The van der Waals surface area contributed by atoms with E-state index in [0.717, 1.165) is 32.7 Å². The lowest BCUT2D eigenvalue weighted by Crippen LogP contribution is -2.25. The van der Waals surface area contributed by atoms with Gasteiger partial charge in [-0.25, -0.2) is 9.97 Å². The number of thiazole rings is 1. The predicted octanol–water partition coefficient (Wildman–Crippen LogP) is 4.62. The lowest BCUT2D eigenvalue weighted by molar-refractivity contribution is -0.120. The average Bonchev–Trinajstić information content (AvgIpc) is 3.14. The van der Waals surface area contributed by atoms with Gasteiger partial charge in [0.15, 0.2) is 0 Å². The largest absolute Gasteiger partial charge is 0.477 e. The Hall–Kier alpha value is -2.25. The van der Waals surface area contributed by atoms with Crippen LogP contribution < -0.4 is 10.1 Å². The van der Waals surface area contributed by atoms with Gasteiger partial charge in [0.2, 0.25) is 11.8 Å². The molecule has 0 radical (unpaired) electrons. The molecule has 3 rings (SSSR count). The summed E-state index contributed by atoms with van der Waals surface area (Å²) < 4.78 is 6.63. The van der Waals surface area contributed by atoms with Crippen LogP contribution in [0.4, 0.5) is 0 Å². The predicted molar refractivity (Wildman–Crippen MR) is 111 cm³/mol. The topological polar surface area (TPSA) is 64.1 Å². The van der Waals surface area contributed by atoms with Crippen molar-refractivity contribution in [3.05, 3.63) is 63.7 Å². The molecule has 0 fully saturated rings. The van der Waals surface area contributed by atoms with Gasteiger partial charge >= 0.3 is 0 Å². The van der Waals surface area contributed by atoms with Gasteiger partial charge in [-0.15, -0.1) is 11.3 Å². The molecule has 140 valence electrons. The van der Waals surface area contributed by atoms with Crippen LogP contribution in [0.5, 0.6) is 5.88 Å². The second-order valence-electron chi connectivity index (χ2n) is 5.92. The van der Waals surface area contributed by atoms with Crippen molar-refractivity contribution in [1.82, 2.24) is 15.3 Å². The third-order valence-electron chi connectivity index (χ3n) is 3.73. The molecule has 5 nitrogen and oxygen atoms in total. The van der Waals surface area contributed by atoms with Gasteiger partial charge < -0.3 is 10.1 Å². The SMILES string of the molecule is CCCOc1ncccc1CNC(=O)Cc1csc(-c2cccc(Br)c2)n1. The summed E-state index contributed by atoms with van der Waals surface area (Å²) in [4.78, 5) is 21.1. The number of hydrogen-bond donors (Lipinski definition) is 1. The third-order valence-corrected chi connectivity index (χ3v) is 5.17. The molecule has 0 aliphatic heterocycles. The summed E-state index contributed by atoms with van der Waals surface area (Å²) in [5, 5.41) is 5.75. The number of halogens is 1. The maximum atomic E-state index is 12.3. The number of hydrogen-bond acceptors (Lipinski definition) is 5. The summed E-state index contributed by atoms with van der Waals surface area (Å²) in [6, 6.07) is 11.7. The zero-order chi connectivity index (χ0) is 19.1. The Morgan fingerprint density at radius 3 is 3.00 bits per heavy atom. The van der Waals surface area contributed by atoms with E-state index in [4.69, 9.17) is 4.74 Å². The van der Waals surface area contributed by atoms with Crippen LogP contribution in [0.2, 0.25) is 0 Å². The molecular weight excluding hydrogens is 426 g/mol. The summed E-state index contributed by atoms with van der Waals surface area (Å²) >= 11 is 5.01. The van der Waals surface area contributed by atoms with E-state index in [2.05, 4.69) is 31.2 Å². The van der Waals surface area contributed by atoms with Crippen molar-refractivity contribution < 1.29 is 9.53 Å². The molecule has 0 atom stereocenters. The lowest BCUT2D eigenvalue weighted by Gasteiger charge is -2.10. The Morgan fingerprint density at radius 1 is 1.30 bits per heavy atom. The van der Waals surface area contributed by atoms with Crippen molar-refractivity contribution in [3.8, 4) is 16.5 Å². The number of amides is 1. The van der Waals surface area contributed by atoms with Crippen molar-refractivity contribution in [2.75, 3.05) is 6.61 Å². The van der Waals surface area contributed by atoms with E-state index >= 15 is 0 Å². The van der Waals surface area contributed by atoms with Gasteiger partial charge in [0.05, 0.1) is 18.7 Å². The number of aromatic nitrogens is 2. The Morgan fingerprint density at radius 2 is 2.19 bits per heavy atom. The Labute approximate surface area is 171 Å². The minimum absolute atomic E-state index is 0.0774. The fourth-order valence-electron chi connectivity index (χ4n) is 2.45. The second-order valence-corrected chi connectivity index (χ2v) is 7.70. The lowest BCUT2D eigenvalue weighted by atomic mass is 10.2. The quantitative estimate of drug-likeness (QED) is 0.549. The summed E-state index contributed by atoms with van der Waals surface area (Å²) in [5.41, 5.74) is 2.67. The minimum atomic E-state index is -0.0774. The van der Waals surface area contributed by atoms with Crippen LogP contribution in [0, 0.1) is 0 Å². The van der Waals surface area contributed by atoms with E-state index in [0.29, 0.717) is 19.0 Å². The highest BCUT2D eigenvalue weighted by Crippen LogP contribution is 2.26. The van der Waals surface area contributed by atoms with Crippen LogP contribution in [-0.4, -0.2) is 22.5 Å². The molecule has 27 heavy (non-hydrogen) atoms. The summed E-state index contributed by atoms with van der Waals surface area (Å²) in [5.74, 6) is 0.497. The van der Waals surface area contributed by atoms with Gasteiger partial charge in [-0.3, -0.25) is 4.79 Å². The first kappa shape index (κ1) is 19.5. The first-order chi connectivity index (χ1) is 13.2. The van der Waals surface area contributed by atoms with Crippen molar-refractivity contribution in [2.45, 2.75) is 26.3 Å². The molecule has 0 aliphatic carbocycles. The molecule has 3 aromatic rings. The Balaban J connectivity index is 1.58. The molecule has 7 heteroatoms. The maximum absolute atomic E-state index is 12.3. The van der Waals surface area contributed by atoms with Gasteiger partial charge in [0.1, 0.15) is 5.01 Å². The van der Waals surface area contributed by atoms with Crippen LogP contribution in [0.1, 0.15) is 24.6 Å². The van der Waals surface area contributed by atoms with Crippen molar-refractivity contribution in [2.24, 2.45) is 0 Å². The normalized spacial score (nSPS) is 10.6. The summed E-state index contributed by atoms with van der Waals surface area (Å²) in [7, 11) is 0. The van der Waals surface area contributed by atoms with E-state index in [1.165, 1.54) is 11.3 Å². The van der Waals surface area contributed by atoms with Crippen molar-refractivity contribution >= 4 is 33.2 Å². The molecule has 2 heterocycles. The molecule has 0 saturated carbocycles. The van der Waals surface area contributed by atoms with Crippen LogP contribution in [0.3, 0.4) is 0 Å². The molecule has 0 unspecified atom stereocenters. The van der Waals surface area contributed by atoms with Crippen molar-refractivity contribution in [1.29, 1.82) is 0 Å². The minimum Gasteiger partial charge on any atom is -0.477 e. The summed E-state index contributed by atoms with van der Waals surface area (Å²) in [6.07, 6.45) is 2.84. The number of carbonyl (C=O) groups excluding carboxylic acids is 1. The van der Waals surface area contributed by atoms with Gasteiger partial charge in [-0.1, -0.05) is 41.1 Å². The summed E-state index contributed by atoms with van der Waals surface area (Å²) in [6.45, 7) is 3.03. The molecule has 0 aliphatic rings. The number of ether oxygens (including phenoxy) is 1. The highest BCUT2D eigenvalue weighted by molar-refractivity contribution is 9.10. The van der Waals surface area contributed by atoms with Gasteiger partial charge in [-0.05, 0) is 24.6 Å². The standard InChI is InChI=1S/C20H20BrN3O2S/c1-2-9-26-19-15(6-4-8-22-19)12-23-18(25)11-17-13-27-20(24-17)14-5-3-7-16(21)10-14/h3-8,10,13H,2,9,11-12H2,1H3,(H,23,25). The van der Waals surface area contributed by atoms with E-state index in [1.807, 2.05) is 48.7 Å². The molecule has 1 aromatic carbocycles. The Kier molecular flexibility index (Phi) is 6.95. The number of nitrogens with one attached hydrogen (secondary N) is 1. The molecule has 0 spiro atoms. The molecule has 0 saturated heterocycles. The van der Waals surface area contributed by atoms with Crippen molar-refractivity contribution in [3.63, 3.8) is 0 Å². The van der Waals surface area contributed by atoms with E-state index in [-0.39, 0.29) is 12.3 Å². The molecule has 1 amide bonds. The average molecular weight is 446 g/mol. The van der Waals surface area contributed by atoms with Crippen LogP contribution in [0.25, 0.3) is 10.6 Å². The van der Waals surface area contributed by atoms with E-state index in [1.54, 1.807) is 6.20 Å². The van der Waals surface area contributed by atoms with Crippen LogP contribution >= 0.6 is 27.3 Å². The monoisotopic (exact) mass is 445 g/mol. The number of pyridine rings is 1. The van der Waals surface area contributed by atoms with Crippen LogP contribution in [-0.2, 0) is 17.8 Å². The van der Waals surface area contributed by atoms with Gasteiger partial charge in [0, 0.05) is 33.7 Å². The highest BCUT2D eigenvalue weighted by atomic mass is 79.9. The van der Waals surface area contributed by atoms with E-state index < -0.39 is 0 Å². The maximum Gasteiger partial charge on any atom is 0.226 e. The molecule has 1 N–H and O–H groups in total. The number of rotatable bonds is 8. The first-order valence-corrected chi connectivity index (χ1v) is 10.4. The fraction of sp³-hybridized carbons (Fsp3) is 0.250. The van der Waals surface area contributed by atoms with E-state index in [9.17, 15) is 4.79 Å². The number of carbonyl (C=O) groups is 1. The molecular formula is C20H20BrN3O2S. The molecule has 0 bridgehead atoms. The smallest absolute Gasteiger partial charge is 0.226 e.